The number of nitrogens with zero attached hydrogens (tertiary/aromatic N) is 1. The molecule has 3 aliphatic rings. The summed E-state index contributed by atoms with van der Waals surface area (Å²) in [6, 6.07) is 11.9. The van der Waals surface area contributed by atoms with Gasteiger partial charge in [-0.2, -0.15) is 0 Å². The first-order valence-corrected chi connectivity index (χ1v) is 12.3. The van der Waals surface area contributed by atoms with Gasteiger partial charge >= 0.3 is 0 Å². The highest BCUT2D eigenvalue weighted by Gasteiger charge is 2.52. The Morgan fingerprint density at radius 1 is 1.11 bits per heavy atom. The van der Waals surface area contributed by atoms with Crippen LogP contribution in [-0.2, 0) is 20.9 Å². The summed E-state index contributed by atoms with van der Waals surface area (Å²) in [4.78, 5) is 29.2. The van der Waals surface area contributed by atoms with Gasteiger partial charge < -0.3 is 24.2 Å². The van der Waals surface area contributed by atoms with Gasteiger partial charge in [0.1, 0.15) is 11.9 Å². The van der Waals surface area contributed by atoms with E-state index in [1.54, 1.807) is 30.2 Å². The van der Waals surface area contributed by atoms with Gasteiger partial charge in [-0.25, -0.2) is 0 Å². The van der Waals surface area contributed by atoms with Gasteiger partial charge in [-0.05, 0) is 67.5 Å². The third-order valence-electron chi connectivity index (χ3n) is 7.32. The first-order valence-electron chi connectivity index (χ1n) is 12.3. The second-order valence-corrected chi connectivity index (χ2v) is 9.63. The minimum absolute atomic E-state index is 0.00409. The number of phenols is 1. The number of Topliss-reactive ketones (excluding diaryl/α,β-unsaturated/α-hetero) is 1. The topological polar surface area (TPSA) is 85.3 Å². The predicted molar refractivity (Wildman–Crippen MR) is 129 cm³/mol. The van der Waals surface area contributed by atoms with E-state index < -0.39 is 6.04 Å². The molecule has 0 bridgehead atoms. The molecule has 1 aliphatic carbocycles. The number of hydrogen-bond acceptors (Lipinski definition) is 6. The number of benzene rings is 2. The zero-order chi connectivity index (χ0) is 24.7. The number of rotatable bonds is 6. The van der Waals surface area contributed by atoms with Gasteiger partial charge in [-0.15, -0.1) is 0 Å². The van der Waals surface area contributed by atoms with E-state index in [4.69, 9.17) is 14.2 Å². The lowest BCUT2D eigenvalue weighted by Gasteiger charge is -2.37. The largest absolute Gasteiger partial charge is 0.504 e. The smallest absolute Gasteiger partial charge is 0.290 e. The number of ketones is 1. The third-order valence-corrected chi connectivity index (χ3v) is 7.32. The number of phenolic OH excluding ortho intramolecular Hbond substituents is 1. The van der Waals surface area contributed by atoms with E-state index in [-0.39, 0.29) is 35.2 Å². The van der Waals surface area contributed by atoms with Gasteiger partial charge in [0.25, 0.3) is 5.91 Å². The monoisotopic (exact) mass is 477 g/mol. The average molecular weight is 478 g/mol. The van der Waals surface area contributed by atoms with Crippen molar-refractivity contribution in [1.82, 2.24) is 4.90 Å². The Morgan fingerprint density at radius 3 is 2.60 bits per heavy atom. The quantitative estimate of drug-likeness (QED) is 0.658. The summed E-state index contributed by atoms with van der Waals surface area (Å²) < 4.78 is 17.1. The highest BCUT2D eigenvalue weighted by Crippen LogP contribution is 2.48. The van der Waals surface area contributed by atoms with Crippen LogP contribution in [-0.4, -0.2) is 41.5 Å². The molecule has 4 unspecified atom stereocenters. The van der Waals surface area contributed by atoms with Gasteiger partial charge in [0.2, 0.25) is 0 Å². The molecule has 35 heavy (non-hydrogen) atoms. The molecule has 5 rings (SSSR count). The molecule has 0 radical (unpaired) electrons. The molecule has 0 saturated heterocycles. The molecule has 0 spiro atoms. The van der Waals surface area contributed by atoms with E-state index in [9.17, 15) is 14.7 Å². The van der Waals surface area contributed by atoms with Gasteiger partial charge in [-0.1, -0.05) is 25.1 Å². The molecule has 4 atom stereocenters. The Labute approximate surface area is 205 Å². The second kappa shape index (κ2) is 9.29. The fourth-order valence-electron chi connectivity index (χ4n) is 5.53. The van der Waals surface area contributed by atoms with Crippen LogP contribution in [0.3, 0.4) is 0 Å². The Hall–Kier alpha value is -3.48. The van der Waals surface area contributed by atoms with E-state index in [0.717, 1.165) is 30.6 Å². The fourth-order valence-corrected chi connectivity index (χ4v) is 5.53. The standard InChI is InChI=1S/C28H31NO6/c1-4-34-23-14-18(8-11-21(23)30)25-24-26(31)20-13-16(2)5-12-22(20)35-27(24)28(32)29(25)15-17-6-9-19(33-3)10-7-17/h6-11,14,16,20,22,25,30H,4-5,12-13,15H2,1-3H3. The predicted octanol–water partition coefficient (Wildman–Crippen LogP) is 4.54. The summed E-state index contributed by atoms with van der Waals surface area (Å²) in [5, 5.41) is 10.3. The molecule has 2 aromatic rings. The summed E-state index contributed by atoms with van der Waals surface area (Å²) in [5.41, 5.74) is 2.04. The van der Waals surface area contributed by atoms with Crippen LogP contribution in [0.2, 0.25) is 0 Å². The molecule has 1 saturated carbocycles. The van der Waals surface area contributed by atoms with E-state index in [2.05, 4.69) is 6.92 Å². The maximum absolute atomic E-state index is 13.9. The van der Waals surface area contributed by atoms with Crippen LogP contribution in [0.5, 0.6) is 17.2 Å². The van der Waals surface area contributed by atoms with Crippen molar-refractivity contribution >= 4 is 11.7 Å². The summed E-state index contributed by atoms with van der Waals surface area (Å²) in [6.07, 6.45) is 2.28. The number of hydrogen-bond donors (Lipinski definition) is 1. The van der Waals surface area contributed by atoms with Crippen LogP contribution >= 0.6 is 0 Å². The average Bonchev–Trinajstić information content (AvgIpc) is 3.13. The van der Waals surface area contributed by atoms with Crippen molar-refractivity contribution in [3.63, 3.8) is 0 Å². The molecule has 184 valence electrons. The number of carbonyl (C=O) groups excluding carboxylic acids is 2. The third kappa shape index (κ3) is 4.13. The zero-order valence-corrected chi connectivity index (χ0v) is 20.3. The maximum Gasteiger partial charge on any atom is 0.290 e. The van der Waals surface area contributed by atoms with Crippen molar-refractivity contribution in [2.24, 2.45) is 11.8 Å². The first kappa shape index (κ1) is 23.3. The Balaban J connectivity index is 1.57. The SMILES string of the molecule is CCOc1cc(C2C3=C(OC4CCC(C)CC4C3=O)C(=O)N2Cc2ccc(OC)cc2)ccc1O. The Kier molecular flexibility index (Phi) is 6.17. The number of fused-ring (bicyclic) bond motifs is 1. The zero-order valence-electron chi connectivity index (χ0n) is 20.3. The van der Waals surface area contributed by atoms with Gasteiger partial charge in [0, 0.05) is 6.54 Å². The summed E-state index contributed by atoms with van der Waals surface area (Å²) in [6.45, 7) is 4.68. The summed E-state index contributed by atoms with van der Waals surface area (Å²) in [5.74, 6) is 1.17. The van der Waals surface area contributed by atoms with Gasteiger partial charge in [-0.3, -0.25) is 9.59 Å². The molecule has 1 N–H and O–H groups in total. The first-order chi connectivity index (χ1) is 16.9. The van der Waals surface area contributed by atoms with Gasteiger partial charge in [0.05, 0.1) is 31.2 Å². The number of aromatic hydroxyl groups is 1. The maximum atomic E-state index is 13.9. The molecule has 2 aromatic carbocycles. The van der Waals surface area contributed by atoms with Crippen molar-refractivity contribution in [3.05, 3.63) is 64.9 Å². The summed E-state index contributed by atoms with van der Waals surface area (Å²) >= 11 is 0. The van der Waals surface area contributed by atoms with E-state index >= 15 is 0 Å². The lowest BCUT2D eigenvalue weighted by atomic mass is 9.74. The number of amides is 1. The van der Waals surface area contributed by atoms with Crippen LogP contribution in [0.4, 0.5) is 0 Å². The van der Waals surface area contributed by atoms with Crippen LogP contribution < -0.4 is 9.47 Å². The molecule has 1 fully saturated rings. The molecular weight excluding hydrogens is 446 g/mol. The molecular formula is C28H31NO6. The molecule has 2 aliphatic heterocycles. The fraction of sp³-hybridized carbons (Fsp3) is 0.429. The Bertz CT molecular complexity index is 1170. The molecule has 7 heteroatoms. The van der Waals surface area contributed by atoms with E-state index in [1.807, 2.05) is 31.2 Å². The van der Waals surface area contributed by atoms with Gasteiger partial charge in [0.15, 0.2) is 23.0 Å². The highest BCUT2D eigenvalue weighted by atomic mass is 16.5. The lowest BCUT2D eigenvalue weighted by Crippen LogP contribution is -2.41. The normalized spacial score (nSPS) is 25.7. The lowest BCUT2D eigenvalue weighted by molar-refractivity contribution is -0.136. The van der Waals surface area contributed by atoms with Crippen LogP contribution in [0.1, 0.15) is 50.3 Å². The second-order valence-electron chi connectivity index (χ2n) is 9.63. The minimum atomic E-state index is -0.620. The number of methoxy groups -OCH3 is 1. The van der Waals surface area contributed by atoms with Crippen molar-refractivity contribution in [2.75, 3.05) is 13.7 Å². The number of carbonyl (C=O) groups is 2. The number of ether oxygens (including phenoxy) is 3. The summed E-state index contributed by atoms with van der Waals surface area (Å²) in [7, 11) is 1.61. The minimum Gasteiger partial charge on any atom is -0.504 e. The molecule has 0 aromatic heterocycles. The van der Waals surface area contributed by atoms with Crippen molar-refractivity contribution in [1.29, 1.82) is 0 Å². The van der Waals surface area contributed by atoms with Crippen molar-refractivity contribution in [2.45, 2.75) is 51.8 Å². The van der Waals surface area contributed by atoms with Crippen molar-refractivity contribution in [3.8, 4) is 17.2 Å². The van der Waals surface area contributed by atoms with Crippen LogP contribution in [0, 0.1) is 11.8 Å². The highest BCUT2D eigenvalue weighted by molar-refractivity contribution is 6.11. The Morgan fingerprint density at radius 2 is 1.89 bits per heavy atom. The van der Waals surface area contributed by atoms with Crippen molar-refractivity contribution < 1.29 is 28.9 Å². The van der Waals surface area contributed by atoms with Crippen LogP contribution in [0.25, 0.3) is 0 Å². The molecule has 1 amide bonds. The van der Waals surface area contributed by atoms with Crippen LogP contribution in [0.15, 0.2) is 53.8 Å². The van der Waals surface area contributed by atoms with E-state index in [1.165, 1.54) is 0 Å². The van der Waals surface area contributed by atoms with E-state index in [0.29, 0.717) is 36.0 Å². The molecule has 7 nitrogen and oxygen atoms in total. The molecule has 2 heterocycles.